The first kappa shape index (κ1) is 20.6. The van der Waals surface area contributed by atoms with Crippen LogP contribution in [0, 0.1) is 11.3 Å². The third kappa shape index (κ3) is 5.20. The lowest BCUT2D eigenvalue weighted by molar-refractivity contribution is -0.119. The first-order chi connectivity index (χ1) is 14.5. The molecule has 0 aliphatic heterocycles. The monoisotopic (exact) mass is 402 g/mol. The van der Waals surface area contributed by atoms with Gasteiger partial charge in [0.1, 0.15) is 5.76 Å². The van der Waals surface area contributed by atoms with Crippen molar-refractivity contribution in [3.63, 3.8) is 0 Å². The molecule has 0 unspecified atom stereocenters. The van der Waals surface area contributed by atoms with Crippen molar-refractivity contribution in [2.45, 2.75) is 13.3 Å². The summed E-state index contributed by atoms with van der Waals surface area (Å²) in [5, 5.41) is 11.3. The fourth-order valence-electron chi connectivity index (χ4n) is 2.67. The largest absolute Gasteiger partial charge is 0.450 e. The minimum Gasteiger partial charge on any atom is -0.450 e. The Hall–Kier alpha value is -4.18. The minimum absolute atomic E-state index is 0.0331. The molecule has 0 saturated carbocycles. The van der Waals surface area contributed by atoms with Gasteiger partial charge in [-0.3, -0.25) is 9.59 Å². The minimum atomic E-state index is -0.763. The average Bonchev–Trinajstić information content (AvgIpc) is 3.24. The molecule has 30 heavy (non-hydrogen) atoms. The van der Waals surface area contributed by atoms with E-state index in [0.717, 1.165) is 5.56 Å². The van der Waals surface area contributed by atoms with Gasteiger partial charge in [0.2, 0.25) is 5.76 Å². The van der Waals surface area contributed by atoms with Gasteiger partial charge in [0.25, 0.3) is 5.91 Å². The molecule has 1 aromatic heterocycles. The van der Waals surface area contributed by atoms with Crippen molar-refractivity contribution in [1.29, 1.82) is 5.26 Å². The molecular formula is C23H18N2O5. The van der Waals surface area contributed by atoms with Crippen molar-refractivity contribution in [2.24, 2.45) is 0 Å². The molecule has 3 aromatic rings. The summed E-state index contributed by atoms with van der Waals surface area (Å²) in [4.78, 5) is 35.5. The highest BCUT2D eigenvalue weighted by molar-refractivity contribution is 5.95. The number of nitrogens with one attached hydrogen (secondary N) is 1. The van der Waals surface area contributed by atoms with Crippen LogP contribution in [0.15, 0.2) is 65.1 Å². The molecule has 150 valence electrons. The Labute approximate surface area is 172 Å². The van der Waals surface area contributed by atoms with Gasteiger partial charge in [-0.1, -0.05) is 36.4 Å². The maximum atomic E-state index is 12.1. The highest BCUT2D eigenvalue weighted by atomic mass is 16.5. The molecule has 7 nitrogen and oxygen atoms in total. The van der Waals surface area contributed by atoms with Crippen molar-refractivity contribution < 1.29 is 23.5 Å². The molecule has 0 spiro atoms. The third-order valence-electron chi connectivity index (χ3n) is 4.24. The second kappa shape index (κ2) is 9.34. The standard InChI is InChI=1S/C23H18N2O5/c1-15(26)17-4-6-18(7-5-17)20-10-11-21(30-20)23(28)29-14-22(27)25-19-8-2-16(3-9-19)12-13-24/h2-11H,12,14H2,1H3,(H,25,27). The molecule has 0 fully saturated rings. The van der Waals surface area contributed by atoms with E-state index in [1.54, 1.807) is 54.6 Å². The molecule has 0 aliphatic rings. The summed E-state index contributed by atoms with van der Waals surface area (Å²) in [7, 11) is 0. The molecule has 1 N–H and O–H groups in total. The SMILES string of the molecule is CC(=O)c1ccc(-c2ccc(C(=O)OCC(=O)Nc3ccc(CC#N)cc3)o2)cc1. The van der Waals surface area contributed by atoms with Gasteiger partial charge >= 0.3 is 5.97 Å². The van der Waals surface area contributed by atoms with E-state index in [4.69, 9.17) is 14.4 Å². The van der Waals surface area contributed by atoms with Crippen LogP contribution in [0.2, 0.25) is 0 Å². The van der Waals surface area contributed by atoms with E-state index in [1.807, 2.05) is 6.07 Å². The number of carbonyl (C=O) groups is 3. The molecule has 1 amide bonds. The summed E-state index contributed by atoms with van der Waals surface area (Å²) in [6, 6.07) is 18.7. The summed E-state index contributed by atoms with van der Waals surface area (Å²) in [6.07, 6.45) is 0.290. The Balaban J connectivity index is 1.54. The number of benzene rings is 2. The van der Waals surface area contributed by atoms with E-state index < -0.39 is 18.5 Å². The number of anilines is 1. The molecule has 7 heteroatoms. The maximum Gasteiger partial charge on any atom is 0.374 e. The lowest BCUT2D eigenvalue weighted by Crippen LogP contribution is -2.20. The lowest BCUT2D eigenvalue weighted by atomic mass is 10.1. The number of ether oxygens (including phenoxy) is 1. The topological polar surface area (TPSA) is 109 Å². The van der Waals surface area contributed by atoms with E-state index in [1.165, 1.54) is 13.0 Å². The predicted molar refractivity (Wildman–Crippen MR) is 109 cm³/mol. The van der Waals surface area contributed by atoms with Crippen LogP contribution in [-0.4, -0.2) is 24.3 Å². The van der Waals surface area contributed by atoms with Crippen LogP contribution in [0.5, 0.6) is 0 Å². The Morgan fingerprint density at radius 2 is 1.70 bits per heavy atom. The molecule has 0 saturated heterocycles. The Kier molecular flexibility index (Phi) is 6.40. The summed E-state index contributed by atoms with van der Waals surface area (Å²) < 4.78 is 10.5. The number of amides is 1. The number of esters is 1. The second-order valence-corrected chi connectivity index (χ2v) is 6.45. The fraction of sp³-hybridized carbons (Fsp3) is 0.130. The van der Waals surface area contributed by atoms with Crippen LogP contribution in [0.4, 0.5) is 5.69 Å². The number of rotatable bonds is 7. The van der Waals surface area contributed by atoms with E-state index in [0.29, 0.717) is 22.6 Å². The van der Waals surface area contributed by atoms with Crippen molar-refractivity contribution in [3.8, 4) is 17.4 Å². The first-order valence-electron chi connectivity index (χ1n) is 9.10. The number of furan rings is 1. The Morgan fingerprint density at radius 3 is 2.33 bits per heavy atom. The third-order valence-corrected chi connectivity index (χ3v) is 4.24. The van der Waals surface area contributed by atoms with E-state index in [-0.39, 0.29) is 18.0 Å². The van der Waals surface area contributed by atoms with Crippen LogP contribution in [0.3, 0.4) is 0 Å². The van der Waals surface area contributed by atoms with Crippen LogP contribution in [0.25, 0.3) is 11.3 Å². The number of nitriles is 1. The number of hydrogen-bond acceptors (Lipinski definition) is 6. The van der Waals surface area contributed by atoms with E-state index in [9.17, 15) is 14.4 Å². The molecule has 1 heterocycles. The van der Waals surface area contributed by atoms with Gasteiger partial charge in [-0.25, -0.2) is 4.79 Å². The predicted octanol–water partition coefficient (Wildman–Crippen LogP) is 4.01. The second-order valence-electron chi connectivity index (χ2n) is 6.45. The normalized spacial score (nSPS) is 10.1. The van der Waals surface area contributed by atoms with Crippen LogP contribution < -0.4 is 5.32 Å². The lowest BCUT2D eigenvalue weighted by Gasteiger charge is -2.06. The number of ketones is 1. The first-order valence-corrected chi connectivity index (χ1v) is 9.10. The summed E-state index contributed by atoms with van der Waals surface area (Å²) in [5.74, 6) is -0.890. The van der Waals surface area contributed by atoms with Crippen molar-refractivity contribution in [3.05, 3.63) is 77.6 Å². The van der Waals surface area contributed by atoms with Gasteiger partial charge in [-0.05, 0) is 36.8 Å². The van der Waals surface area contributed by atoms with E-state index in [2.05, 4.69) is 5.32 Å². The van der Waals surface area contributed by atoms with Crippen LogP contribution >= 0.6 is 0 Å². The van der Waals surface area contributed by atoms with Gasteiger partial charge < -0.3 is 14.5 Å². The smallest absolute Gasteiger partial charge is 0.374 e. The summed E-state index contributed by atoms with van der Waals surface area (Å²) >= 11 is 0. The summed E-state index contributed by atoms with van der Waals surface area (Å²) in [6.45, 7) is 1.01. The fourth-order valence-corrected chi connectivity index (χ4v) is 2.67. The highest BCUT2D eigenvalue weighted by Gasteiger charge is 2.15. The number of hydrogen-bond donors (Lipinski definition) is 1. The molecule has 0 atom stereocenters. The highest BCUT2D eigenvalue weighted by Crippen LogP contribution is 2.23. The molecule has 2 aromatic carbocycles. The molecular weight excluding hydrogens is 384 g/mol. The zero-order valence-corrected chi connectivity index (χ0v) is 16.2. The Morgan fingerprint density at radius 1 is 1.00 bits per heavy atom. The van der Waals surface area contributed by atoms with Crippen molar-refractivity contribution in [2.75, 3.05) is 11.9 Å². The van der Waals surface area contributed by atoms with Crippen LogP contribution in [-0.2, 0) is 16.0 Å². The molecule has 0 bridgehead atoms. The zero-order chi connectivity index (χ0) is 21.5. The summed E-state index contributed by atoms with van der Waals surface area (Å²) in [5.41, 5.74) is 2.66. The van der Waals surface area contributed by atoms with Gasteiger partial charge in [0, 0.05) is 16.8 Å². The van der Waals surface area contributed by atoms with Gasteiger partial charge in [-0.15, -0.1) is 0 Å². The average molecular weight is 402 g/mol. The molecule has 0 aliphatic carbocycles. The van der Waals surface area contributed by atoms with Crippen LogP contribution in [0.1, 0.15) is 33.4 Å². The quantitative estimate of drug-likeness (QED) is 0.472. The van der Waals surface area contributed by atoms with Gasteiger partial charge in [0.05, 0.1) is 12.5 Å². The maximum absolute atomic E-state index is 12.1. The number of Topliss-reactive ketones (excluding diaryl/α,β-unsaturated/α-hetero) is 1. The molecule has 3 rings (SSSR count). The number of nitrogens with zero attached hydrogens (tertiary/aromatic N) is 1. The van der Waals surface area contributed by atoms with Crippen molar-refractivity contribution >= 4 is 23.3 Å². The van der Waals surface area contributed by atoms with Gasteiger partial charge in [0.15, 0.2) is 12.4 Å². The van der Waals surface area contributed by atoms with E-state index >= 15 is 0 Å². The van der Waals surface area contributed by atoms with Gasteiger partial charge in [-0.2, -0.15) is 5.26 Å². The zero-order valence-electron chi connectivity index (χ0n) is 16.2. The Bertz CT molecular complexity index is 1110. The molecule has 0 radical (unpaired) electrons. The van der Waals surface area contributed by atoms with Crippen molar-refractivity contribution in [1.82, 2.24) is 0 Å². The number of carbonyl (C=O) groups excluding carboxylic acids is 3.